The number of carbonyl (C=O) groups is 1. The van der Waals surface area contributed by atoms with Gasteiger partial charge in [-0.05, 0) is 24.3 Å². The van der Waals surface area contributed by atoms with Crippen LogP contribution in [0.3, 0.4) is 0 Å². The molecule has 2 aromatic carbocycles. The van der Waals surface area contributed by atoms with E-state index >= 15 is 0 Å². The van der Waals surface area contributed by atoms with Crippen molar-refractivity contribution in [1.29, 1.82) is 0 Å². The van der Waals surface area contributed by atoms with Crippen molar-refractivity contribution in [3.05, 3.63) is 71.0 Å². The Morgan fingerprint density at radius 3 is 2.60 bits per heavy atom. The second kappa shape index (κ2) is 7.59. The summed E-state index contributed by atoms with van der Waals surface area (Å²) in [6.45, 7) is 0. The molecule has 152 valence electrons. The van der Waals surface area contributed by atoms with Crippen LogP contribution in [0.5, 0.6) is 0 Å². The maximum atomic E-state index is 13.2. The number of aromatic nitrogens is 6. The van der Waals surface area contributed by atoms with Crippen LogP contribution in [-0.2, 0) is 6.18 Å². The first-order chi connectivity index (χ1) is 14.3. The topological polar surface area (TPSA) is 101 Å². The Morgan fingerprint density at radius 2 is 1.83 bits per heavy atom. The second-order valence-electron chi connectivity index (χ2n) is 6.00. The number of benzene rings is 2. The van der Waals surface area contributed by atoms with Gasteiger partial charge in [-0.1, -0.05) is 41.1 Å². The molecular weight excluding hydrogens is 423 g/mol. The van der Waals surface area contributed by atoms with Gasteiger partial charge >= 0.3 is 6.18 Å². The highest BCUT2D eigenvalue weighted by molar-refractivity contribution is 6.33. The van der Waals surface area contributed by atoms with E-state index in [0.717, 1.165) is 16.9 Å². The van der Waals surface area contributed by atoms with Gasteiger partial charge in [-0.3, -0.25) is 15.2 Å². The van der Waals surface area contributed by atoms with Gasteiger partial charge < -0.3 is 0 Å². The molecule has 2 heterocycles. The summed E-state index contributed by atoms with van der Waals surface area (Å²) in [5.41, 5.74) is -0.784. The average Bonchev–Trinajstić information content (AvgIpc) is 3.37. The molecule has 0 spiro atoms. The summed E-state index contributed by atoms with van der Waals surface area (Å²) in [7, 11) is 0. The number of nitrogens with one attached hydrogen (secondary N) is 2. The van der Waals surface area contributed by atoms with Gasteiger partial charge in [0.1, 0.15) is 0 Å². The molecule has 0 bridgehead atoms. The predicted molar refractivity (Wildman–Crippen MR) is 101 cm³/mol. The molecule has 0 aliphatic rings. The number of anilines is 1. The smallest absolute Gasteiger partial charge is 0.288 e. The summed E-state index contributed by atoms with van der Waals surface area (Å²) in [5, 5.41) is 16.6. The maximum Gasteiger partial charge on any atom is 0.418 e. The van der Waals surface area contributed by atoms with Crippen LogP contribution in [0.1, 0.15) is 16.1 Å². The Labute approximate surface area is 171 Å². The SMILES string of the molecule is O=C(Nc1n[nH]c(-c2ccccc2Cl)n1)c1cn(-c2ccccc2C(F)(F)F)nn1. The van der Waals surface area contributed by atoms with Crippen LogP contribution < -0.4 is 5.32 Å². The average molecular weight is 434 g/mol. The fourth-order valence-corrected chi connectivity index (χ4v) is 2.88. The van der Waals surface area contributed by atoms with Crippen molar-refractivity contribution in [2.24, 2.45) is 0 Å². The number of carbonyl (C=O) groups excluding carboxylic acids is 1. The first-order valence-electron chi connectivity index (χ1n) is 8.40. The van der Waals surface area contributed by atoms with E-state index in [2.05, 4.69) is 30.8 Å². The molecule has 0 aliphatic carbocycles. The highest BCUT2D eigenvalue weighted by Crippen LogP contribution is 2.33. The third-order valence-corrected chi connectivity index (χ3v) is 4.35. The molecule has 2 N–H and O–H groups in total. The van der Waals surface area contributed by atoms with Crippen LogP contribution in [0, 0.1) is 0 Å². The molecular formula is C18H11ClF3N7O. The molecule has 4 rings (SSSR count). The Morgan fingerprint density at radius 1 is 1.10 bits per heavy atom. The zero-order chi connectivity index (χ0) is 21.3. The van der Waals surface area contributed by atoms with Gasteiger partial charge in [-0.25, -0.2) is 4.68 Å². The van der Waals surface area contributed by atoms with Crippen LogP contribution in [-0.4, -0.2) is 36.1 Å². The molecule has 0 saturated heterocycles. The Hall–Kier alpha value is -3.73. The molecule has 0 atom stereocenters. The van der Waals surface area contributed by atoms with Gasteiger partial charge in [0.05, 0.1) is 22.5 Å². The van der Waals surface area contributed by atoms with E-state index in [1.165, 1.54) is 18.2 Å². The molecule has 0 fully saturated rings. The number of para-hydroxylation sites is 1. The monoisotopic (exact) mass is 433 g/mol. The minimum atomic E-state index is -4.58. The van der Waals surface area contributed by atoms with Gasteiger partial charge in [0.25, 0.3) is 5.91 Å². The normalized spacial score (nSPS) is 11.5. The quantitative estimate of drug-likeness (QED) is 0.507. The minimum Gasteiger partial charge on any atom is -0.288 e. The van der Waals surface area contributed by atoms with Gasteiger partial charge in [-0.2, -0.15) is 18.2 Å². The van der Waals surface area contributed by atoms with E-state index in [1.54, 1.807) is 24.3 Å². The lowest BCUT2D eigenvalue weighted by molar-refractivity contribution is -0.137. The van der Waals surface area contributed by atoms with Crippen molar-refractivity contribution in [2.45, 2.75) is 6.18 Å². The molecule has 4 aromatic rings. The fraction of sp³-hybridized carbons (Fsp3) is 0.0556. The molecule has 30 heavy (non-hydrogen) atoms. The molecule has 1 amide bonds. The van der Waals surface area contributed by atoms with Gasteiger partial charge in [0.15, 0.2) is 11.5 Å². The van der Waals surface area contributed by atoms with Crippen molar-refractivity contribution in [3.8, 4) is 17.1 Å². The number of aromatic amines is 1. The zero-order valence-electron chi connectivity index (χ0n) is 14.9. The maximum absolute atomic E-state index is 13.2. The van der Waals surface area contributed by atoms with Crippen LogP contribution >= 0.6 is 11.6 Å². The number of rotatable bonds is 4. The van der Waals surface area contributed by atoms with E-state index < -0.39 is 17.6 Å². The highest BCUT2D eigenvalue weighted by Gasteiger charge is 2.34. The predicted octanol–water partition coefficient (Wildman–Crippen LogP) is 3.98. The van der Waals surface area contributed by atoms with Crippen molar-refractivity contribution in [3.63, 3.8) is 0 Å². The van der Waals surface area contributed by atoms with E-state index in [4.69, 9.17) is 11.6 Å². The molecule has 2 aromatic heterocycles. The third-order valence-electron chi connectivity index (χ3n) is 4.02. The lowest BCUT2D eigenvalue weighted by Gasteiger charge is -2.11. The van der Waals surface area contributed by atoms with E-state index in [-0.39, 0.29) is 17.3 Å². The Balaban J connectivity index is 1.55. The van der Waals surface area contributed by atoms with Gasteiger partial charge in [0, 0.05) is 5.56 Å². The number of halogens is 4. The Bertz CT molecular complexity index is 1220. The minimum absolute atomic E-state index is 0.0554. The number of nitrogens with zero attached hydrogens (tertiary/aromatic N) is 5. The summed E-state index contributed by atoms with van der Waals surface area (Å²) in [4.78, 5) is 16.5. The molecule has 0 radical (unpaired) electrons. The van der Waals surface area contributed by atoms with E-state index in [1.807, 2.05) is 0 Å². The van der Waals surface area contributed by atoms with Crippen LogP contribution in [0.4, 0.5) is 19.1 Å². The third kappa shape index (κ3) is 3.87. The summed E-state index contributed by atoms with van der Waals surface area (Å²) >= 11 is 6.10. The number of alkyl halides is 3. The van der Waals surface area contributed by atoms with Crippen molar-refractivity contribution in [2.75, 3.05) is 5.32 Å². The van der Waals surface area contributed by atoms with E-state index in [9.17, 15) is 18.0 Å². The first-order valence-corrected chi connectivity index (χ1v) is 8.78. The zero-order valence-corrected chi connectivity index (χ0v) is 15.6. The molecule has 0 saturated carbocycles. The van der Waals surface area contributed by atoms with Crippen LogP contribution in [0.25, 0.3) is 17.1 Å². The van der Waals surface area contributed by atoms with Crippen molar-refractivity contribution >= 4 is 23.5 Å². The lowest BCUT2D eigenvalue weighted by Crippen LogP contribution is -2.13. The van der Waals surface area contributed by atoms with Crippen molar-refractivity contribution in [1.82, 2.24) is 30.2 Å². The van der Waals surface area contributed by atoms with E-state index in [0.29, 0.717) is 16.4 Å². The van der Waals surface area contributed by atoms with Crippen LogP contribution in [0.2, 0.25) is 5.02 Å². The molecule has 8 nitrogen and oxygen atoms in total. The summed E-state index contributed by atoms with van der Waals surface area (Å²) in [5.74, 6) is -0.464. The second-order valence-corrected chi connectivity index (χ2v) is 6.41. The molecule has 12 heteroatoms. The summed E-state index contributed by atoms with van der Waals surface area (Å²) in [6.07, 6.45) is -3.50. The highest BCUT2D eigenvalue weighted by atomic mass is 35.5. The van der Waals surface area contributed by atoms with Gasteiger partial charge in [0.2, 0.25) is 5.95 Å². The first kappa shape index (κ1) is 19.6. The lowest BCUT2D eigenvalue weighted by atomic mass is 10.1. The number of H-pyrrole nitrogens is 1. The standard InChI is InChI=1S/C18H11ClF3N7O/c19-12-7-3-1-5-10(12)15-23-17(27-26-15)24-16(30)13-9-29(28-25-13)14-8-4-2-6-11(14)18(20,21)22/h1-9H,(H2,23,24,26,27,30). The number of hydrogen-bond acceptors (Lipinski definition) is 5. The largest absolute Gasteiger partial charge is 0.418 e. The number of amides is 1. The van der Waals surface area contributed by atoms with Crippen molar-refractivity contribution < 1.29 is 18.0 Å². The summed E-state index contributed by atoms with van der Waals surface area (Å²) in [6, 6.07) is 11.7. The number of hydrogen-bond donors (Lipinski definition) is 2. The fourth-order valence-electron chi connectivity index (χ4n) is 2.66. The van der Waals surface area contributed by atoms with Crippen LogP contribution in [0.15, 0.2) is 54.7 Å². The van der Waals surface area contributed by atoms with Gasteiger partial charge in [-0.15, -0.1) is 10.2 Å². The molecule has 0 aliphatic heterocycles. The Kier molecular flexibility index (Phi) is 4.96. The molecule has 0 unspecified atom stereocenters. The summed E-state index contributed by atoms with van der Waals surface area (Å²) < 4.78 is 40.4.